The summed E-state index contributed by atoms with van der Waals surface area (Å²) in [5.41, 5.74) is 1.32. The van der Waals surface area contributed by atoms with Crippen LogP contribution in [0, 0.1) is 0 Å². The van der Waals surface area contributed by atoms with E-state index in [1.165, 1.54) is 6.20 Å². The van der Waals surface area contributed by atoms with Crippen LogP contribution < -0.4 is 5.32 Å². The van der Waals surface area contributed by atoms with Crippen molar-refractivity contribution in [2.45, 2.75) is 32.2 Å². The highest BCUT2D eigenvalue weighted by molar-refractivity contribution is 5.94. The molecule has 106 valence electrons. The molecule has 0 aliphatic heterocycles. The van der Waals surface area contributed by atoms with Crippen LogP contribution in [-0.2, 0) is 0 Å². The highest BCUT2D eigenvalue weighted by Crippen LogP contribution is 2.15. The number of aromatic nitrogens is 2. The summed E-state index contributed by atoms with van der Waals surface area (Å²) < 4.78 is 0. The van der Waals surface area contributed by atoms with Gasteiger partial charge >= 0.3 is 0 Å². The number of para-hydroxylation sites is 2. The van der Waals surface area contributed by atoms with E-state index < -0.39 is 5.54 Å². The first kappa shape index (κ1) is 14.4. The zero-order valence-electron chi connectivity index (χ0n) is 11.8. The molecule has 5 nitrogen and oxygen atoms in total. The lowest BCUT2D eigenvalue weighted by Crippen LogP contribution is -2.46. The Bertz CT molecular complexity index is 615. The number of aliphatic hydroxyl groups excluding tert-OH is 1. The Labute approximate surface area is 118 Å². The van der Waals surface area contributed by atoms with E-state index in [0.29, 0.717) is 17.6 Å². The fourth-order valence-electron chi connectivity index (χ4n) is 1.98. The van der Waals surface area contributed by atoms with Gasteiger partial charge in [-0.05, 0) is 31.9 Å². The first-order valence-electron chi connectivity index (χ1n) is 6.73. The largest absolute Gasteiger partial charge is 0.396 e. The zero-order valence-corrected chi connectivity index (χ0v) is 11.8. The van der Waals surface area contributed by atoms with Crippen LogP contribution in [-0.4, -0.2) is 33.1 Å². The number of benzene rings is 1. The van der Waals surface area contributed by atoms with E-state index in [1.807, 2.05) is 38.1 Å². The van der Waals surface area contributed by atoms with Crippen molar-refractivity contribution in [3.8, 4) is 0 Å². The molecule has 0 saturated carbocycles. The Kier molecular flexibility index (Phi) is 4.29. The molecule has 1 aromatic heterocycles. The molecule has 2 rings (SSSR count). The van der Waals surface area contributed by atoms with Gasteiger partial charge in [0.15, 0.2) is 0 Å². The molecule has 0 aliphatic rings. The van der Waals surface area contributed by atoms with E-state index >= 15 is 0 Å². The summed E-state index contributed by atoms with van der Waals surface area (Å²) in [6.45, 7) is 3.92. The van der Waals surface area contributed by atoms with E-state index in [4.69, 9.17) is 5.11 Å². The van der Waals surface area contributed by atoms with Crippen LogP contribution in [0.15, 0.2) is 30.5 Å². The summed E-state index contributed by atoms with van der Waals surface area (Å²) in [7, 11) is 0. The minimum atomic E-state index is -0.431. The van der Waals surface area contributed by atoms with Gasteiger partial charge in [0.05, 0.1) is 17.2 Å². The molecule has 1 aromatic carbocycles. The molecule has 0 radical (unpaired) electrons. The standard InChI is InChI=1S/C15H19N3O2/c1-3-15(2,8-9-19)18-14(20)13-10-16-11-6-4-5-7-12(11)17-13/h4-7,10,19H,3,8-9H2,1-2H3,(H,18,20). The summed E-state index contributed by atoms with van der Waals surface area (Å²) in [6.07, 6.45) is 2.73. The Morgan fingerprint density at radius 2 is 2.05 bits per heavy atom. The van der Waals surface area contributed by atoms with Crippen LogP contribution in [0.1, 0.15) is 37.2 Å². The van der Waals surface area contributed by atoms with E-state index in [9.17, 15) is 4.79 Å². The normalized spacial score (nSPS) is 13.9. The van der Waals surface area contributed by atoms with Crippen LogP contribution in [0.25, 0.3) is 11.0 Å². The fourth-order valence-corrected chi connectivity index (χ4v) is 1.98. The molecule has 1 atom stereocenters. The van der Waals surface area contributed by atoms with Gasteiger partial charge in [-0.15, -0.1) is 0 Å². The van der Waals surface area contributed by atoms with Gasteiger partial charge in [0.25, 0.3) is 5.91 Å². The SMILES string of the molecule is CCC(C)(CCO)NC(=O)c1cnc2ccccc2n1. The van der Waals surface area contributed by atoms with Crippen molar-refractivity contribution in [3.63, 3.8) is 0 Å². The number of aliphatic hydroxyl groups is 1. The molecule has 0 bridgehead atoms. The second-order valence-electron chi connectivity index (χ2n) is 5.09. The molecule has 0 aliphatic carbocycles. The van der Waals surface area contributed by atoms with Gasteiger partial charge in [0.2, 0.25) is 0 Å². The van der Waals surface area contributed by atoms with Gasteiger partial charge in [-0.1, -0.05) is 19.1 Å². The summed E-state index contributed by atoms with van der Waals surface area (Å²) in [5.74, 6) is -0.263. The zero-order chi connectivity index (χ0) is 14.6. The van der Waals surface area contributed by atoms with E-state index in [-0.39, 0.29) is 12.5 Å². The minimum absolute atomic E-state index is 0.0357. The van der Waals surface area contributed by atoms with Gasteiger partial charge in [-0.3, -0.25) is 9.78 Å². The lowest BCUT2D eigenvalue weighted by Gasteiger charge is -2.28. The lowest BCUT2D eigenvalue weighted by molar-refractivity contribution is 0.0881. The van der Waals surface area contributed by atoms with Gasteiger partial charge in [0, 0.05) is 12.1 Å². The molecule has 0 fully saturated rings. The Morgan fingerprint density at radius 1 is 1.35 bits per heavy atom. The molecular weight excluding hydrogens is 254 g/mol. The van der Waals surface area contributed by atoms with E-state index in [2.05, 4.69) is 15.3 Å². The first-order chi connectivity index (χ1) is 9.58. The summed E-state index contributed by atoms with van der Waals surface area (Å²) in [5, 5.41) is 12.0. The number of nitrogens with one attached hydrogen (secondary N) is 1. The topological polar surface area (TPSA) is 75.1 Å². The smallest absolute Gasteiger partial charge is 0.271 e. The fraction of sp³-hybridized carbons (Fsp3) is 0.400. The average Bonchev–Trinajstić information content (AvgIpc) is 2.47. The van der Waals surface area contributed by atoms with Crippen molar-refractivity contribution in [1.82, 2.24) is 15.3 Å². The number of hydrogen-bond acceptors (Lipinski definition) is 4. The minimum Gasteiger partial charge on any atom is -0.396 e. The molecule has 1 amide bonds. The van der Waals surface area contributed by atoms with Gasteiger partial charge in [-0.25, -0.2) is 4.98 Å². The predicted octanol–water partition coefficient (Wildman–Crippen LogP) is 1.91. The van der Waals surface area contributed by atoms with Crippen LogP contribution in [0.5, 0.6) is 0 Å². The third kappa shape index (κ3) is 3.11. The van der Waals surface area contributed by atoms with Gasteiger partial charge in [0.1, 0.15) is 5.69 Å². The highest BCUT2D eigenvalue weighted by atomic mass is 16.3. The number of hydrogen-bond donors (Lipinski definition) is 2. The Morgan fingerprint density at radius 3 is 2.70 bits per heavy atom. The second kappa shape index (κ2) is 5.96. The number of nitrogens with zero attached hydrogens (tertiary/aromatic N) is 2. The van der Waals surface area contributed by atoms with Gasteiger partial charge < -0.3 is 10.4 Å². The molecular formula is C15H19N3O2. The molecule has 0 spiro atoms. The maximum Gasteiger partial charge on any atom is 0.271 e. The van der Waals surface area contributed by atoms with Crippen molar-refractivity contribution >= 4 is 16.9 Å². The third-order valence-electron chi connectivity index (χ3n) is 3.54. The van der Waals surface area contributed by atoms with E-state index in [1.54, 1.807) is 0 Å². The quantitative estimate of drug-likeness (QED) is 0.872. The van der Waals surface area contributed by atoms with E-state index in [0.717, 1.165) is 11.9 Å². The van der Waals surface area contributed by atoms with Gasteiger partial charge in [-0.2, -0.15) is 0 Å². The summed E-state index contributed by atoms with van der Waals surface area (Å²) >= 11 is 0. The first-order valence-corrected chi connectivity index (χ1v) is 6.73. The molecule has 0 saturated heterocycles. The van der Waals surface area contributed by atoms with Crippen molar-refractivity contribution in [2.75, 3.05) is 6.61 Å². The van der Waals surface area contributed by atoms with Crippen LogP contribution in [0.2, 0.25) is 0 Å². The third-order valence-corrected chi connectivity index (χ3v) is 3.54. The second-order valence-corrected chi connectivity index (χ2v) is 5.09. The molecule has 2 aromatic rings. The van der Waals surface area contributed by atoms with Crippen molar-refractivity contribution < 1.29 is 9.90 Å². The van der Waals surface area contributed by atoms with Crippen molar-refractivity contribution in [3.05, 3.63) is 36.2 Å². The number of fused-ring (bicyclic) bond motifs is 1. The highest BCUT2D eigenvalue weighted by Gasteiger charge is 2.24. The molecule has 20 heavy (non-hydrogen) atoms. The molecule has 2 N–H and O–H groups in total. The lowest BCUT2D eigenvalue weighted by atomic mass is 9.95. The van der Waals surface area contributed by atoms with Crippen molar-refractivity contribution in [1.29, 1.82) is 0 Å². The summed E-state index contributed by atoms with van der Waals surface area (Å²) in [4.78, 5) is 20.8. The Hall–Kier alpha value is -2.01. The average molecular weight is 273 g/mol. The number of carbonyl (C=O) groups excluding carboxylic acids is 1. The summed E-state index contributed by atoms with van der Waals surface area (Å²) in [6, 6.07) is 7.42. The van der Waals surface area contributed by atoms with Crippen LogP contribution >= 0.6 is 0 Å². The number of amides is 1. The van der Waals surface area contributed by atoms with Crippen molar-refractivity contribution in [2.24, 2.45) is 0 Å². The maximum atomic E-state index is 12.2. The number of carbonyl (C=O) groups is 1. The Balaban J connectivity index is 2.22. The number of rotatable bonds is 5. The predicted molar refractivity (Wildman–Crippen MR) is 77.4 cm³/mol. The molecule has 1 heterocycles. The van der Waals surface area contributed by atoms with Crippen LogP contribution in [0.3, 0.4) is 0 Å². The van der Waals surface area contributed by atoms with Crippen LogP contribution in [0.4, 0.5) is 0 Å². The molecule has 1 unspecified atom stereocenters. The monoisotopic (exact) mass is 273 g/mol. The maximum absolute atomic E-state index is 12.2. The molecule has 5 heteroatoms.